The van der Waals surface area contributed by atoms with Gasteiger partial charge in [0, 0.05) is 17.2 Å². The number of halogens is 4. The summed E-state index contributed by atoms with van der Waals surface area (Å²) in [5.41, 5.74) is 0.852. The van der Waals surface area contributed by atoms with Crippen LogP contribution in [0.2, 0.25) is 5.02 Å². The van der Waals surface area contributed by atoms with Gasteiger partial charge in [-0.25, -0.2) is 0 Å². The Morgan fingerprint density at radius 2 is 1.89 bits per heavy atom. The molecular weight excluding hydrogens is 377 g/mol. The Morgan fingerprint density at radius 1 is 1.19 bits per heavy atom. The van der Waals surface area contributed by atoms with E-state index in [1.165, 1.54) is 6.07 Å². The molecule has 2 aromatic rings. The van der Waals surface area contributed by atoms with Gasteiger partial charge < -0.3 is 5.32 Å². The lowest BCUT2D eigenvalue weighted by Crippen LogP contribution is -2.27. The number of hydrogen-bond acceptors (Lipinski definition) is 2. The lowest BCUT2D eigenvalue weighted by atomic mass is 10.0. The van der Waals surface area contributed by atoms with Crippen LogP contribution in [0.1, 0.15) is 35.6 Å². The Bertz CT molecular complexity index is 907. The molecule has 27 heavy (non-hydrogen) atoms. The SMILES string of the molecule is CC(NC(=O)C1=CC(c2ccccc2)C=N1)c1ccc(C(F)(F)F)cc1Cl. The average Bonchev–Trinajstić information content (AvgIpc) is 3.11. The number of carbonyl (C=O) groups is 1. The van der Waals surface area contributed by atoms with Crippen molar-refractivity contribution in [3.05, 3.63) is 82.0 Å². The van der Waals surface area contributed by atoms with Crippen LogP contribution in [0.15, 0.2) is 65.3 Å². The number of rotatable bonds is 4. The van der Waals surface area contributed by atoms with Gasteiger partial charge in [-0.2, -0.15) is 13.2 Å². The van der Waals surface area contributed by atoms with Crippen LogP contribution in [-0.2, 0) is 11.0 Å². The fourth-order valence-corrected chi connectivity index (χ4v) is 3.16. The first-order valence-electron chi connectivity index (χ1n) is 8.24. The zero-order chi connectivity index (χ0) is 19.6. The smallest absolute Gasteiger partial charge is 0.344 e. The maximum absolute atomic E-state index is 12.7. The summed E-state index contributed by atoms with van der Waals surface area (Å²) in [6, 6.07) is 12.1. The first-order chi connectivity index (χ1) is 12.8. The summed E-state index contributed by atoms with van der Waals surface area (Å²) in [6.45, 7) is 1.65. The highest BCUT2D eigenvalue weighted by Crippen LogP contribution is 2.34. The van der Waals surface area contributed by atoms with E-state index < -0.39 is 23.7 Å². The van der Waals surface area contributed by atoms with E-state index in [2.05, 4.69) is 10.3 Å². The lowest BCUT2D eigenvalue weighted by Gasteiger charge is -2.17. The number of nitrogens with one attached hydrogen (secondary N) is 1. The van der Waals surface area contributed by atoms with Crippen LogP contribution in [0, 0.1) is 0 Å². The third-order valence-electron chi connectivity index (χ3n) is 4.27. The molecule has 0 radical (unpaired) electrons. The molecule has 1 N–H and O–H groups in total. The summed E-state index contributed by atoms with van der Waals surface area (Å²) in [6.07, 6.45) is -1.05. The first kappa shape index (κ1) is 19.2. The molecule has 2 unspecified atom stereocenters. The van der Waals surface area contributed by atoms with Crippen molar-refractivity contribution in [1.29, 1.82) is 0 Å². The van der Waals surface area contributed by atoms with E-state index in [4.69, 9.17) is 11.6 Å². The molecular formula is C20H16ClF3N2O. The lowest BCUT2D eigenvalue weighted by molar-refractivity contribution is -0.137. The second-order valence-corrected chi connectivity index (χ2v) is 6.60. The summed E-state index contributed by atoms with van der Waals surface area (Å²) in [5, 5.41) is 2.67. The number of amides is 1. The van der Waals surface area contributed by atoms with Gasteiger partial charge in [-0.3, -0.25) is 9.79 Å². The van der Waals surface area contributed by atoms with Crippen molar-refractivity contribution in [2.75, 3.05) is 0 Å². The molecule has 140 valence electrons. The molecule has 0 aromatic heterocycles. The van der Waals surface area contributed by atoms with Gasteiger partial charge in [0.05, 0.1) is 11.6 Å². The molecule has 1 heterocycles. The summed E-state index contributed by atoms with van der Waals surface area (Å²) in [7, 11) is 0. The van der Waals surface area contributed by atoms with Gasteiger partial charge in [-0.1, -0.05) is 48.0 Å². The third kappa shape index (κ3) is 4.39. The fourth-order valence-electron chi connectivity index (χ4n) is 2.81. The van der Waals surface area contributed by atoms with E-state index in [0.29, 0.717) is 5.56 Å². The number of allylic oxidation sites excluding steroid dienone is 1. The molecule has 1 aliphatic heterocycles. The van der Waals surface area contributed by atoms with Gasteiger partial charge in [0.2, 0.25) is 0 Å². The van der Waals surface area contributed by atoms with Gasteiger partial charge in [0.1, 0.15) is 5.70 Å². The van der Waals surface area contributed by atoms with Gasteiger partial charge >= 0.3 is 6.18 Å². The van der Waals surface area contributed by atoms with Gasteiger partial charge in [-0.05, 0) is 36.3 Å². The molecule has 0 spiro atoms. The minimum atomic E-state index is -4.47. The Balaban J connectivity index is 1.71. The molecule has 0 saturated carbocycles. The van der Waals surface area contributed by atoms with E-state index >= 15 is 0 Å². The average molecular weight is 393 g/mol. The monoisotopic (exact) mass is 392 g/mol. The molecule has 0 saturated heterocycles. The van der Waals surface area contributed by atoms with Crippen LogP contribution in [0.3, 0.4) is 0 Å². The van der Waals surface area contributed by atoms with Crippen LogP contribution in [0.5, 0.6) is 0 Å². The first-order valence-corrected chi connectivity index (χ1v) is 8.62. The van der Waals surface area contributed by atoms with E-state index in [1.807, 2.05) is 30.3 Å². The molecule has 1 amide bonds. The highest BCUT2D eigenvalue weighted by molar-refractivity contribution is 6.31. The summed E-state index contributed by atoms with van der Waals surface area (Å²) in [4.78, 5) is 16.6. The molecule has 1 aliphatic rings. The van der Waals surface area contributed by atoms with E-state index in [-0.39, 0.29) is 16.6 Å². The van der Waals surface area contributed by atoms with Crippen LogP contribution >= 0.6 is 11.6 Å². The van der Waals surface area contributed by atoms with Crippen molar-refractivity contribution in [2.24, 2.45) is 4.99 Å². The summed E-state index contributed by atoms with van der Waals surface area (Å²) >= 11 is 5.98. The minimum absolute atomic E-state index is 0.0521. The van der Waals surface area contributed by atoms with Crippen molar-refractivity contribution in [3.63, 3.8) is 0 Å². The van der Waals surface area contributed by atoms with Gasteiger partial charge in [0.25, 0.3) is 5.91 Å². The Kier molecular flexibility index (Phi) is 5.37. The summed E-state index contributed by atoms with van der Waals surface area (Å²) in [5.74, 6) is -0.495. The second-order valence-electron chi connectivity index (χ2n) is 6.20. The maximum atomic E-state index is 12.7. The Morgan fingerprint density at radius 3 is 2.52 bits per heavy atom. The number of nitrogens with zero attached hydrogens (tertiary/aromatic N) is 1. The van der Waals surface area contributed by atoms with Crippen molar-refractivity contribution in [1.82, 2.24) is 5.32 Å². The predicted octanol–water partition coefficient (Wildman–Crippen LogP) is 5.29. The molecule has 3 nitrogen and oxygen atoms in total. The van der Waals surface area contributed by atoms with Crippen LogP contribution in [-0.4, -0.2) is 12.1 Å². The Labute approximate surface area is 159 Å². The molecule has 7 heteroatoms. The van der Waals surface area contributed by atoms with Crippen molar-refractivity contribution in [2.45, 2.75) is 25.1 Å². The topological polar surface area (TPSA) is 41.5 Å². The fraction of sp³-hybridized carbons (Fsp3) is 0.200. The molecule has 2 atom stereocenters. The van der Waals surface area contributed by atoms with E-state index in [9.17, 15) is 18.0 Å². The standard InChI is InChI=1S/C20H16ClF3N2O/c1-12(16-8-7-15(10-17(16)21)20(22,23)24)26-19(27)18-9-14(11-25-18)13-5-3-2-4-6-13/h2-12,14H,1H3,(H,26,27). The number of alkyl halides is 3. The number of aliphatic imine (C=N–C) groups is 1. The van der Waals surface area contributed by atoms with Crippen molar-refractivity contribution < 1.29 is 18.0 Å². The van der Waals surface area contributed by atoms with Crippen molar-refractivity contribution >= 4 is 23.7 Å². The van der Waals surface area contributed by atoms with Crippen molar-refractivity contribution in [3.8, 4) is 0 Å². The molecule has 0 aliphatic carbocycles. The number of benzene rings is 2. The quantitative estimate of drug-likeness (QED) is 0.754. The second kappa shape index (κ2) is 7.56. The van der Waals surface area contributed by atoms with Gasteiger partial charge in [-0.15, -0.1) is 0 Å². The molecule has 3 rings (SSSR count). The minimum Gasteiger partial charge on any atom is -0.344 e. The van der Waals surface area contributed by atoms with Crippen LogP contribution in [0.25, 0.3) is 0 Å². The zero-order valence-electron chi connectivity index (χ0n) is 14.3. The highest BCUT2D eigenvalue weighted by Gasteiger charge is 2.31. The highest BCUT2D eigenvalue weighted by atomic mass is 35.5. The van der Waals surface area contributed by atoms with E-state index in [0.717, 1.165) is 17.7 Å². The van der Waals surface area contributed by atoms with Crippen LogP contribution < -0.4 is 5.32 Å². The molecule has 2 aromatic carbocycles. The molecule has 0 fully saturated rings. The number of hydrogen-bond donors (Lipinski definition) is 1. The number of carbonyl (C=O) groups excluding carboxylic acids is 1. The summed E-state index contributed by atoms with van der Waals surface area (Å²) < 4.78 is 38.2. The van der Waals surface area contributed by atoms with E-state index in [1.54, 1.807) is 19.2 Å². The Hall–Kier alpha value is -2.60. The van der Waals surface area contributed by atoms with Gasteiger partial charge in [0.15, 0.2) is 0 Å². The maximum Gasteiger partial charge on any atom is 0.416 e. The largest absolute Gasteiger partial charge is 0.416 e. The third-order valence-corrected chi connectivity index (χ3v) is 4.60. The normalized spacial score (nSPS) is 17.5. The zero-order valence-corrected chi connectivity index (χ0v) is 15.1. The molecule has 0 bridgehead atoms. The predicted molar refractivity (Wildman–Crippen MR) is 98.8 cm³/mol. The van der Waals surface area contributed by atoms with Crippen LogP contribution in [0.4, 0.5) is 13.2 Å².